The molecule has 30 heteroatoms. The van der Waals surface area contributed by atoms with Crippen molar-refractivity contribution in [2.24, 2.45) is 11.7 Å². The number of urea groups is 1. The van der Waals surface area contributed by atoms with Crippen LogP contribution < -0.4 is 42.4 Å². The van der Waals surface area contributed by atoms with Crippen molar-refractivity contribution in [3.8, 4) is 28.4 Å². The van der Waals surface area contributed by atoms with Crippen LogP contribution in [0.1, 0.15) is 67.0 Å². The van der Waals surface area contributed by atoms with Gasteiger partial charge in [0.2, 0.25) is 17.7 Å². The Kier molecular flexibility index (Phi) is 26.7. The van der Waals surface area contributed by atoms with Crippen molar-refractivity contribution in [1.82, 2.24) is 46.1 Å². The van der Waals surface area contributed by atoms with Crippen LogP contribution in [0.25, 0.3) is 33.5 Å². The van der Waals surface area contributed by atoms with Gasteiger partial charge in [0, 0.05) is 41.8 Å². The average Bonchev–Trinajstić information content (AvgIpc) is 1.58. The lowest BCUT2D eigenvalue weighted by molar-refractivity contribution is -0.137. The molecular weight excluding hydrogens is 1210 g/mol. The number of primary amides is 1. The van der Waals surface area contributed by atoms with Gasteiger partial charge in [-0.25, -0.2) is 37.5 Å². The number of halogens is 3. The van der Waals surface area contributed by atoms with E-state index in [4.69, 9.17) is 34.2 Å². The highest BCUT2D eigenvalue weighted by molar-refractivity contribution is 6.12. The van der Waals surface area contributed by atoms with Gasteiger partial charge < -0.3 is 76.1 Å². The number of pyridine rings is 2. The third-order valence-electron chi connectivity index (χ3n) is 13.7. The van der Waals surface area contributed by atoms with Crippen LogP contribution in [0.3, 0.4) is 0 Å². The van der Waals surface area contributed by atoms with Crippen molar-refractivity contribution >= 4 is 69.9 Å². The fourth-order valence-electron chi connectivity index (χ4n) is 8.96. The number of hydrogen-bond acceptors (Lipinski definition) is 18. The molecule has 0 saturated carbocycles. The lowest BCUT2D eigenvalue weighted by Crippen LogP contribution is -2.54. The molecule has 92 heavy (non-hydrogen) atoms. The zero-order chi connectivity index (χ0) is 65.9. The van der Waals surface area contributed by atoms with E-state index in [9.17, 15) is 56.6 Å². The predicted octanol–water partition coefficient (Wildman–Crippen LogP) is 5.77. The molecule has 3 aromatic heterocycles. The number of carbonyl (C=O) groups is 8. The summed E-state index contributed by atoms with van der Waals surface area (Å²) >= 11 is 0. The molecule has 0 aliphatic carbocycles. The minimum atomic E-state index is -2.86. The van der Waals surface area contributed by atoms with Gasteiger partial charge in [-0.2, -0.15) is 0 Å². The molecule has 0 saturated heterocycles. The van der Waals surface area contributed by atoms with E-state index >= 15 is 0 Å². The van der Waals surface area contributed by atoms with E-state index in [0.29, 0.717) is 52.4 Å². The Hall–Kier alpha value is -10.0. The normalized spacial score (nSPS) is 12.7. The zero-order valence-corrected chi connectivity index (χ0v) is 50.3. The minimum absolute atomic E-state index is 0.0136. The van der Waals surface area contributed by atoms with Crippen molar-refractivity contribution in [3.63, 3.8) is 0 Å². The average molecular weight is 1280 g/mol. The lowest BCUT2D eigenvalue weighted by atomic mass is 10.0. The first-order chi connectivity index (χ1) is 44.3. The molecule has 2 atom stereocenters. The quantitative estimate of drug-likeness (QED) is 0.0164. The summed E-state index contributed by atoms with van der Waals surface area (Å²) in [6.45, 7) is 5.38. The number of alkyl halides is 2. The number of fused-ring (bicyclic) bond motifs is 1. The molecule has 1 aliphatic rings. The first kappa shape index (κ1) is 69.4. The number of rotatable bonds is 38. The number of imidazole rings is 1. The highest BCUT2D eigenvalue weighted by Crippen LogP contribution is 2.33. The zero-order valence-electron chi connectivity index (χ0n) is 50.3. The summed E-state index contributed by atoms with van der Waals surface area (Å²) in [4.78, 5) is 116. The summed E-state index contributed by atoms with van der Waals surface area (Å²) in [5.41, 5.74) is 6.94. The number of ether oxygens (including phenoxy) is 6. The van der Waals surface area contributed by atoms with Crippen LogP contribution in [-0.4, -0.2) is 169 Å². The maximum absolute atomic E-state index is 15.0. The number of aromatic amines is 1. The largest absolute Gasteiger partial charge is 0.490 e. The number of imide groups is 1. The van der Waals surface area contributed by atoms with Gasteiger partial charge in [0.05, 0.1) is 107 Å². The number of hydrogen-bond donors (Lipinski definition) is 9. The van der Waals surface area contributed by atoms with Crippen molar-refractivity contribution in [3.05, 3.63) is 132 Å². The molecule has 7 rings (SSSR count). The molecule has 0 spiro atoms. The van der Waals surface area contributed by atoms with Crippen LogP contribution in [-0.2, 0) is 60.8 Å². The van der Waals surface area contributed by atoms with Crippen molar-refractivity contribution in [2.75, 3.05) is 89.7 Å². The second-order valence-electron chi connectivity index (χ2n) is 20.7. The van der Waals surface area contributed by atoms with Crippen LogP contribution in [0.15, 0.2) is 103 Å². The maximum Gasteiger partial charge on any atom is 0.407 e. The van der Waals surface area contributed by atoms with Gasteiger partial charge in [0.25, 0.3) is 18.2 Å². The predicted molar refractivity (Wildman–Crippen MR) is 326 cm³/mol. The number of aromatic carboxylic acids is 1. The second kappa shape index (κ2) is 35.4. The summed E-state index contributed by atoms with van der Waals surface area (Å²) in [5, 5.41) is 26.1. The number of anilines is 2. The van der Waals surface area contributed by atoms with Crippen LogP contribution in [0.2, 0.25) is 0 Å². The highest BCUT2D eigenvalue weighted by Gasteiger charge is 2.29. The number of amides is 8. The fraction of sp³-hybridized carbons (Fsp3) is 0.371. The monoisotopic (exact) mass is 1280 g/mol. The van der Waals surface area contributed by atoms with E-state index in [1.807, 2.05) is 0 Å². The Morgan fingerprint density at radius 3 is 2.14 bits per heavy atom. The van der Waals surface area contributed by atoms with Gasteiger partial charge in [0.1, 0.15) is 48.3 Å². The summed E-state index contributed by atoms with van der Waals surface area (Å²) in [5.74, 6) is -4.57. The summed E-state index contributed by atoms with van der Waals surface area (Å²) < 4.78 is 75.6. The van der Waals surface area contributed by atoms with Gasteiger partial charge in [-0.1, -0.05) is 44.2 Å². The summed E-state index contributed by atoms with van der Waals surface area (Å²) in [6.07, 6.45) is 0.609. The number of nitrogens with two attached hydrogens (primary N) is 1. The molecule has 10 N–H and O–H groups in total. The number of carbonyl (C=O) groups excluding carboxylic acids is 7. The van der Waals surface area contributed by atoms with E-state index in [2.05, 4.69) is 51.8 Å². The van der Waals surface area contributed by atoms with Gasteiger partial charge in [0.15, 0.2) is 5.82 Å². The smallest absolute Gasteiger partial charge is 0.407 e. The lowest BCUT2D eigenvalue weighted by Gasteiger charge is -2.25. The van der Waals surface area contributed by atoms with E-state index in [-0.39, 0.29) is 139 Å². The number of H-pyrrole nitrogens is 1. The Bertz CT molecular complexity index is 3540. The molecule has 1 aliphatic heterocycles. The van der Waals surface area contributed by atoms with E-state index in [1.165, 1.54) is 48.7 Å². The standard InChI is InChI=1S/C62H71F3N12O15/c1-37(2)54(76-50(78)19-23-87-26-28-89-30-31-90-29-27-88-25-22-77-51(79)17-18-52(77)80)59(82)73-48(10-5-20-67-61(66)85)58(81)71-41-14-11-38(12-15-41)36-92-62(86)68-21-24-91-42-33-40-32-39(13-16-44(40)69-34-42)55-56(46-8-4-9-47(72-46)57(64)65)75-49(74-55)35-70-45-7-3-6-43(53(45)63)60(83)84/h3-4,6-9,11-18,32-34,37,48,54,57,70H,5,10,19-31,35-36H2,1-2H3,(H,68,86)(H,71,81)(H,73,82)(H,74,75)(H,76,78)(H,83,84)(H3,66,67,85). The second-order valence-corrected chi connectivity index (χ2v) is 20.7. The van der Waals surface area contributed by atoms with E-state index < -0.39 is 71.4 Å². The van der Waals surface area contributed by atoms with Gasteiger partial charge >= 0.3 is 18.1 Å². The minimum Gasteiger partial charge on any atom is -0.490 e. The Balaban J connectivity index is 0.827. The molecule has 4 heterocycles. The van der Waals surface area contributed by atoms with Crippen LogP contribution in [0.5, 0.6) is 5.75 Å². The first-order valence-corrected chi connectivity index (χ1v) is 29.2. The fourth-order valence-corrected chi connectivity index (χ4v) is 8.96. The molecule has 8 amide bonds. The number of nitrogens with zero attached hydrogens (tertiary/aromatic N) is 4. The molecular formula is C62H71F3N12O15. The third kappa shape index (κ3) is 21.6. The SMILES string of the molecule is CC(C)C(NC(=O)CCOCCOCCOCCOCCN1C(=O)C=CC1=O)C(=O)NC(CCCNC(N)=O)C(=O)Nc1ccc(COC(=O)NCCOc2cnc3ccc(-c4[nH]c(CNc5cccc(C(=O)O)c5F)nc4-c4cccc(C(F)F)n4)cc3c2)cc1. The third-order valence-corrected chi connectivity index (χ3v) is 13.7. The van der Waals surface area contributed by atoms with Crippen LogP contribution >= 0.6 is 0 Å². The first-order valence-electron chi connectivity index (χ1n) is 29.2. The maximum atomic E-state index is 15.0. The van der Waals surface area contributed by atoms with Crippen LogP contribution in [0, 0.1) is 11.7 Å². The highest BCUT2D eigenvalue weighted by atomic mass is 19.3. The molecule has 2 unspecified atom stereocenters. The topological polar surface area (TPSA) is 368 Å². The Labute approximate surface area is 525 Å². The van der Waals surface area contributed by atoms with Gasteiger partial charge in [-0.05, 0) is 78.9 Å². The van der Waals surface area contributed by atoms with Crippen molar-refractivity contribution in [1.29, 1.82) is 0 Å². The number of aromatic nitrogens is 4. The number of carboxylic acid groups (broad SMARTS) is 1. The van der Waals surface area contributed by atoms with E-state index in [1.54, 1.807) is 62.4 Å². The van der Waals surface area contributed by atoms with Crippen molar-refractivity contribution < 1.29 is 85.1 Å². The van der Waals surface area contributed by atoms with Crippen LogP contribution in [0.4, 0.5) is 34.1 Å². The number of carboxylic acids is 1. The number of nitrogens with one attached hydrogen (secondary N) is 7. The summed E-state index contributed by atoms with van der Waals surface area (Å²) in [6, 6.07) is 18.5. The summed E-state index contributed by atoms with van der Waals surface area (Å²) in [7, 11) is 0. The van der Waals surface area contributed by atoms with Crippen molar-refractivity contribution in [2.45, 2.75) is 64.8 Å². The van der Waals surface area contributed by atoms with E-state index in [0.717, 1.165) is 11.0 Å². The molecule has 3 aromatic carbocycles. The Morgan fingerprint density at radius 1 is 0.761 bits per heavy atom. The molecule has 0 radical (unpaired) electrons. The Morgan fingerprint density at radius 2 is 1.46 bits per heavy atom. The number of alkyl carbamates (subject to hydrolysis) is 1. The molecule has 0 fully saturated rings. The molecule has 490 valence electrons. The molecule has 27 nitrogen and oxygen atoms in total. The van der Waals surface area contributed by atoms with Gasteiger partial charge in [-0.15, -0.1) is 0 Å². The number of benzene rings is 3. The molecule has 0 bridgehead atoms. The van der Waals surface area contributed by atoms with Gasteiger partial charge in [-0.3, -0.25) is 33.9 Å². The molecule has 6 aromatic rings.